The SMILES string of the molecule is OC1CSCC1Cc1cccc2cccnc12. The summed E-state index contributed by atoms with van der Waals surface area (Å²) in [5.74, 6) is 2.32. The fourth-order valence-electron chi connectivity index (χ4n) is 2.40. The van der Waals surface area contributed by atoms with Crippen LogP contribution in [0, 0.1) is 5.92 Å². The molecule has 2 heterocycles. The molecule has 0 amide bonds. The van der Waals surface area contributed by atoms with E-state index < -0.39 is 0 Å². The summed E-state index contributed by atoms with van der Waals surface area (Å²) in [5, 5.41) is 11.1. The van der Waals surface area contributed by atoms with E-state index in [2.05, 4.69) is 29.2 Å². The molecule has 2 unspecified atom stereocenters. The number of hydrogen-bond donors (Lipinski definition) is 1. The van der Waals surface area contributed by atoms with Crippen LogP contribution in [0.25, 0.3) is 10.9 Å². The van der Waals surface area contributed by atoms with Gasteiger partial charge in [0.2, 0.25) is 0 Å². The molecule has 1 saturated heterocycles. The fourth-order valence-corrected chi connectivity index (χ4v) is 3.69. The van der Waals surface area contributed by atoms with Gasteiger partial charge in [0.15, 0.2) is 0 Å². The maximum atomic E-state index is 9.88. The number of aliphatic hydroxyl groups is 1. The molecule has 17 heavy (non-hydrogen) atoms. The molecule has 0 spiro atoms. The van der Waals surface area contributed by atoms with Crippen molar-refractivity contribution in [2.45, 2.75) is 12.5 Å². The topological polar surface area (TPSA) is 33.1 Å². The highest BCUT2D eigenvalue weighted by molar-refractivity contribution is 7.99. The Balaban J connectivity index is 1.94. The number of thioether (sulfide) groups is 1. The number of benzene rings is 1. The minimum absolute atomic E-state index is 0.154. The van der Waals surface area contributed by atoms with Crippen molar-refractivity contribution in [3.05, 3.63) is 42.1 Å². The Labute approximate surface area is 105 Å². The van der Waals surface area contributed by atoms with E-state index in [1.165, 1.54) is 10.9 Å². The molecule has 0 radical (unpaired) electrons. The molecule has 3 rings (SSSR count). The predicted octanol–water partition coefficient (Wildman–Crippen LogP) is 2.50. The molecule has 2 nitrogen and oxygen atoms in total. The van der Waals surface area contributed by atoms with Gasteiger partial charge in [0.25, 0.3) is 0 Å². The van der Waals surface area contributed by atoms with Crippen LogP contribution in [-0.2, 0) is 6.42 Å². The summed E-state index contributed by atoms with van der Waals surface area (Å²) in [6.07, 6.45) is 2.62. The molecule has 1 aliphatic rings. The third kappa shape index (κ3) is 2.17. The van der Waals surface area contributed by atoms with Crippen molar-refractivity contribution >= 4 is 22.7 Å². The number of aliphatic hydroxyl groups excluding tert-OH is 1. The van der Waals surface area contributed by atoms with Crippen molar-refractivity contribution in [1.29, 1.82) is 0 Å². The van der Waals surface area contributed by atoms with E-state index in [-0.39, 0.29) is 6.10 Å². The largest absolute Gasteiger partial charge is 0.392 e. The minimum atomic E-state index is -0.154. The number of rotatable bonds is 2. The quantitative estimate of drug-likeness (QED) is 0.882. The molecule has 1 aromatic carbocycles. The van der Waals surface area contributed by atoms with Gasteiger partial charge in [-0.1, -0.05) is 24.3 Å². The van der Waals surface area contributed by atoms with E-state index in [4.69, 9.17) is 0 Å². The van der Waals surface area contributed by atoms with E-state index in [0.717, 1.165) is 23.4 Å². The van der Waals surface area contributed by atoms with Crippen molar-refractivity contribution < 1.29 is 5.11 Å². The number of fused-ring (bicyclic) bond motifs is 1. The van der Waals surface area contributed by atoms with Crippen molar-refractivity contribution in [2.75, 3.05) is 11.5 Å². The Morgan fingerprint density at radius 3 is 2.94 bits per heavy atom. The zero-order valence-electron chi connectivity index (χ0n) is 9.54. The van der Waals surface area contributed by atoms with Crippen LogP contribution in [-0.4, -0.2) is 27.7 Å². The minimum Gasteiger partial charge on any atom is -0.392 e. The van der Waals surface area contributed by atoms with Gasteiger partial charge in [0.05, 0.1) is 11.6 Å². The average molecular weight is 245 g/mol. The summed E-state index contributed by atoms with van der Waals surface area (Å²) in [5.41, 5.74) is 2.34. The molecule has 88 valence electrons. The van der Waals surface area contributed by atoms with Gasteiger partial charge in [0.1, 0.15) is 0 Å². The maximum Gasteiger partial charge on any atom is 0.0734 e. The summed E-state index contributed by atoms with van der Waals surface area (Å²) in [6.45, 7) is 0. The average Bonchev–Trinajstić information content (AvgIpc) is 2.76. The maximum absolute atomic E-state index is 9.88. The standard InChI is InChI=1S/C14H15NOS/c16-13-9-17-8-12(13)7-11-4-1-3-10-5-2-6-15-14(10)11/h1-6,12-13,16H,7-9H2. The normalized spacial score (nSPS) is 24.3. The van der Waals surface area contributed by atoms with Crippen LogP contribution in [0.2, 0.25) is 0 Å². The Hall–Kier alpha value is -1.06. The lowest BCUT2D eigenvalue weighted by molar-refractivity contribution is 0.150. The van der Waals surface area contributed by atoms with E-state index in [1.54, 1.807) is 0 Å². The van der Waals surface area contributed by atoms with Gasteiger partial charge in [0, 0.05) is 17.3 Å². The third-order valence-electron chi connectivity index (χ3n) is 3.36. The van der Waals surface area contributed by atoms with Crippen LogP contribution in [0.15, 0.2) is 36.5 Å². The highest BCUT2D eigenvalue weighted by atomic mass is 32.2. The van der Waals surface area contributed by atoms with Gasteiger partial charge >= 0.3 is 0 Å². The lowest BCUT2D eigenvalue weighted by Gasteiger charge is -2.14. The van der Waals surface area contributed by atoms with Crippen molar-refractivity contribution in [3.63, 3.8) is 0 Å². The van der Waals surface area contributed by atoms with Gasteiger partial charge < -0.3 is 5.11 Å². The van der Waals surface area contributed by atoms with Crippen molar-refractivity contribution in [2.24, 2.45) is 5.92 Å². The van der Waals surface area contributed by atoms with Crippen molar-refractivity contribution in [3.8, 4) is 0 Å². The number of para-hydroxylation sites is 1. The van der Waals surface area contributed by atoms with E-state index in [9.17, 15) is 5.11 Å². The second-order valence-electron chi connectivity index (χ2n) is 4.56. The lowest BCUT2D eigenvalue weighted by Crippen LogP contribution is -2.20. The lowest BCUT2D eigenvalue weighted by atomic mass is 9.95. The Bertz CT molecular complexity index is 523. The number of aromatic nitrogens is 1. The van der Waals surface area contributed by atoms with E-state index >= 15 is 0 Å². The molecule has 2 atom stereocenters. The molecule has 1 aliphatic heterocycles. The summed E-state index contributed by atoms with van der Waals surface area (Å²) in [7, 11) is 0. The number of pyridine rings is 1. The zero-order valence-corrected chi connectivity index (χ0v) is 10.4. The van der Waals surface area contributed by atoms with Gasteiger partial charge in [-0.3, -0.25) is 4.98 Å². The van der Waals surface area contributed by atoms with Crippen LogP contribution < -0.4 is 0 Å². The molecular weight excluding hydrogens is 230 g/mol. The Morgan fingerprint density at radius 2 is 2.12 bits per heavy atom. The molecular formula is C14H15NOS. The van der Waals surface area contributed by atoms with Crippen LogP contribution >= 0.6 is 11.8 Å². The first kappa shape index (κ1) is 11.1. The Kier molecular flexibility index (Phi) is 3.04. The first-order chi connectivity index (χ1) is 8.34. The highest BCUT2D eigenvalue weighted by Gasteiger charge is 2.26. The zero-order chi connectivity index (χ0) is 11.7. The van der Waals surface area contributed by atoms with E-state index in [1.807, 2.05) is 24.0 Å². The van der Waals surface area contributed by atoms with Gasteiger partial charge in [-0.05, 0) is 29.7 Å². The third-order valence-corrected chi connectivity index (χ3v) is 4.60. The smallest absolute Gasteiger partial charge is 0.0734 e. The molecule has 0 saturated carbocycles. The van der Waals surface area contributed by atoms with Crippen molar-refractivity contribution in [1.82, 2.24) is 4.98 Å². The molecule has 1 aromatic heterocycles. The Morgan fingerprint density at radius 1 is 1.24 bits per heavy atom. The summed E-state index contributed by atoms with van der Waals surface area (Å²) >= 11 is 1.84. The second-order valence-corrected chi connectivity index (χ2v) is 5.64. The fraction of sp³-hybridized carbons (Fsp3) is 0.357. The molecule has 0 bridgehead atoms. The predicted molar refractivity (Wildman–Crippen MR) is 72.3 cm³/mol. The van der Waals surface area contributed by atoms with Crippen LogP contribution in [0.1, 0.15) is 5.56 Å². The first-order valence-corrected chi connectivity index (χ1v) is 7.08. The van der Waals surface area contributed by atoms with Crippen LogP contribution in [0.3, 0.4) is 0 Å². The van der Waals surface area contributed by atoms with Gasteiger partial charge in [-0.25, -0.2) is 0 Å². The first-order valence-electron chi connectivity index (χ1n) is 5.93. The van der Waals surface area contributed by atoms with Gasteiger partial charge in [-0.2, -0.15) is 11.8 Å². The highest BCUT2D eigenvalue weighted by Crippen LogP contribution is 2.29. The monoisotopic (exact) mass is 245 g/mol. The molecule has 0 aliphatic carbocycles. The number of nitrogens with zero attached hydrogens (tertiary/aromatic N) is 1. The summed E-state index contributed by atoms with van der Waals surface area (Å²) < 4.78 is 0. The molecule has 1 N–H and O–H groups in total. The van der Waals surface area contributed by atoms with Gasteiger partial charge in [-0.15, -0.1) is 0 Å². The molecule has 2 aromatic rings. The number of hydrogen-bond acceptors (Lipinski definition) is 3. The van der Waals surface area contributed by atoms with Crippen LogP contribution in [0.5, 0.6) is 0 Å². The molecule has 3 heteroatoms. The summed E-state index contributed by atoms with van der Waals surface area (Å²) in [4.78, 5) is 4.46. The second kappa shape index (κ2) is 4.67. The van der Waals surface area contributed by atoms with Crippen LogP contribution in [0.4, 0.5) is 0 Å². The molecule has 1 fully saturated rings. The van der Waals surface area contributed by atoms with E-state index in [0.29, 0.717) is 5.92 Å². The summed E-state index contributed by atoms with van der Waals surface area (Å²) in [6, 6.07) is 10.3.